The maximum atomic E-state index is 6.74. The first-order valence-electron chi connectivity index (χ1n) is 17.2. The van der Waals surface area contributed by atoms with Crippen molar-refractivity contribution < 1.29 is 4.42 Å². The molecule has 4 aromatic heterocycles. The number of hydrogen-bond acceptors (Lipinski definition) is 4. The maximum absolute atomic E-state index is 6.74. The van der Waals surface area contributed by atoms with Gasteiger partial charge >= 0.3 is 0 Å². The SMILES string of the molecule is c1ccc2c(c1)ccc1cc(-c3nc(-n4c5ccccc5c5c6ccccc6c6sc7ccccc7c6c54)c4oc5ccccc5c4n3)ccc12. The molecule has 51 heavy (non-hydrogen) atoms. The van der Waals surface area contributed by atoms with E-state index in [2.05, 4.69) is 138 Å². The quantitative estimate of drug-likeness (QED) is 0.172. The number of furan rings is 1. The van der Waals surface area contributed by atoms with Gasteiger partial charge in [-0.1, -0.05) is 121 Å². The lowest BCUT2D eigenvalue weighted by Crippen LogP contribution is -2.02. The van der Waals surface area contributed by atoms with E-state index in [4.69, 9.17) is 14.4 Å². The maximum Gasteiger partial charge on any atom is 0.197 e. The second-order valence-electron chi connectivity index (χ2n) is 13.3. The Morgan fingerprint density at radius 3 is 2.10 bits per heavy atom. The lowest BCUT2D eigenvalue weighted by atomic mass is 10.00. The van der Waals surface area contributed by atoms with Gasteiger partial charge in [0.25, 0.3) is 0 Å². The van der Waals surface area contributed by atoms with Crippen LogP contribution < -0.4 is 0 Å². The summed E-state index contributed by atoms with van der Waals surface area (Å²) in [6, 6.07) is 54.0. The van der Waals surface area contributed by atoms with Crippen molar-refractivity contribution in [2.24, 2.45) is 0 Å². The first-order valence-corrected chi connectivity index (χ1v) is 18.0. The zero-order chi connectivity index (χ0) is 33.2. The van der Waals surface area contributed by atoms with Crippen LogP contribution in [0.4, 0.5) is 0 Å². The smallest absolute Gasteiger partial charge is 0.197 e. The molecule has 0 atom stereocenters. The topological polar surface area (TPSA) is 43.9 Å². The summed E-state index contributed by atoms with van der Waals surface area (Å²) in [4.78, 5) is 10.8. The Kier molecular flexibility index (Phi) is 5.35. The van der Waals surface area contributed by atoms with Gasteiger partial charge in [-0.05, 0) is 57.3 Å². The summed E-state index contributed by atoms with van der Waals surface area (Å²) in [6.07, 6.45) is 0. The zero-order valence-electron chi connectivity index (χ0n) is 27.1. The highest BCUT2D eigenvalue weighted by atomic mass is 32.1. The van der Waals surface area contributed by atoms with Crippen LogP contribution >= 0.6 is 11.3 Å². The van der Waals surface area contributed by atoms with E-state index in [0.29, 0.717) is 11.4 Å². The van der Waals surface area contributed by atoms with Gasteiger partial charge in [0.1, 0.15) is 11.1 Å². The van der Waals surface area contributed by atoms with Crippen LogP contribution in [0.15, 0.2) is 156 Å². The molecule has 4 heterocycles. The molecule has 0 fully saturated rings. The Labute approximate surface area is 294 Å². The van der Waals surface area contributed by atoms with Crippen molar-refractivity contribution >= 4 is 108 Å². The summed E-state index contributed by atoms with van der Waals surface area (Å²) < 4.78 is 11.6. The van der Waals surface area contributed by atoms with Crippen molar-refractivity contribution in [2.75, 3.05) is 0 Å². The Bertz CT molecular complexity index is 3440. The zero-order valence-corrected chi connectivity index (χ0v) is 27.9. The third-order valence-corrected chi connectivity index (χ3v) is 11.8. The third-order valence-electron chi connectivity index (χ3n) is 10.6. The molecule has 12 aromatic rings. The fraction of sp³-hybridized carbons (Fsp3) is 0. The predicted molar refractivity (Wildman–Crippen MR) is 214 cm³/mol. The molecule has 0 saturated heterocycles. The van der Waals surface area contributed by atoms with Gasteiger partial charge in [0.05, 0.1) is 11.0 Å². The average molecular weight is 668 g/mol. The van der Waals surface area contributed by atoms with Crippen molar-refractivity contribution in [3.8, 4) is 17.2 Å². The molecule has 236 valence electrons. The standard InChI is InChI=1S/C46H25N3OS/c1-2-12-29-26(11-1)21-22-27-25-28(23-24-30(27)29)45-47-41-34-16-6-9-19-37(34)50-43(41)46(48-45)49-36-18-8-5-15-33(36)39-31-13-3-4-14-32(31)44-40(42(39)49)35-17-7-10-20-38(35)51-44/h1-25H. The van der Waals surface area contributed by atoms with E-state index in [-0.39, 0.29) is 0 Å². The first-order chi connectivity index (χ1) is 25.3. The predicted octanol–water partition coefficient (Wildman–Crippen LogP) is 13.0. The highest BCUT2D eigenvalue weighted by molar-refractivity contribution is 7.27. The normalized spacial score (nSPS) is 12.3. The highest BCUT2D eigenvalue weighted by Gasteiger charge is 2.26. The summed E-state index contributed by atoms with van der Waals surface area (Å²) in [5, 5.41) is 13.2. The van der Waals surface area contributed by atoms with Crippen molar-refractivity contribution in [2.45, 2.75) is 0 Å². The van der Waals surface area contributed by atoms with E-state index < -0.39 is 0 Å². The fourth-order valence-corrected chi connectivity index (χ4v) is 9.59. The lowest BCUT2D eigenvalue weighted by Gasteiger charge is -2.12. The van der Waals surface area contributed by atoms with Crippen LogP contribution in [0.3, 0.4) is 0 Å². The second-order valence-corrected chi connectivity index (χ2v) is 14.3. The Morgan fingerprint density at radius 2 is 1.20 bits per heavy atom. The molecular formula is C46H25N3OS. The van der Waals surface area contributed by atoms with Crippen LogP contribution in [0.5, 0.6) is 0 Å². The molecule has 0 amide bonds. The Morgan fingerprint density at radius 1 is 0.510 bits per heavy atom. The van der Waals surface area contributed by atoms with Gasteiger partial charge in [0.2, 0.25) is 0 Å². The van der Waals surface area contributed by atoms with Crippen LogP contribution in [0.1, 0.15) is 0 Å². The van der Waals surface area contributed by atoms with Gasteiger partial charge in [0, 0.05) is 47.3 Å². The Balaban J connectivity index is 1.27. The van der Waals surface area contributed by atoms with E-state index in [1.807, 2.05) is 29.5 Å². The number of hydrogen-bond donors (Lipinski definition) is 0. The molecule has 0 aliphatic carbocycles. The molecule has 4 nitrogen and oxygen atoms in total. The van der Waals surface area contributed by atoms with Crippen molar-refractivity contribution in [1.29, 1.82) is 0 Å². The van der Waals surface area contributed by atoms with Crippen molar-refractivity contribution in [3.05, 3.63) is 152 Å². The molecule has 5 heteroatoms. The molecule has 0 aliphatic heterocycles. The molecule has 12 rings (SSSR count). The van der Waals surface area contributed by atoms with Crippen molar-refractivity contribution in [1.82, 2.24) is 14.5 Å². The summed E-state index contributed by atoms with van der Waals surface area (Å²) in [5.74, 6) is 1.40. The van der Waals surface area contributed by atoms with Crippen LogP contribution in [0.25, 0.3) is 114 Å². The van der Waals surface area contributed by atoms with Gasteiger partial charge in [-0.2, -0.15) is 0 Å². The molecule has 8 aromatic carbocycles. The van der Waals surface area contributed by atoms with E-state index in [1.54, 1.807) is 0 Å². The van der Waals surface area contributed by atoms with Gasteiger partial charge < -0.3 is 4.42 Å². The summed E-state index contributed by atoms with van der Waals surface area (Å²) >= 11 is 1.86. The highest BCUT2D eigenvalue weighted by Crippen LogP contribution is 2.48. The molecule has 0 aliphatic rings. The number of aromatic nitrogens is 3. The molecular weight excluding hydrogens is 643 g/mol. The Hall–Kier alpha value is -6.56. The summed E-state index contributed by atoms with van der Waals surface area (Å²) in [7, 11) is 0. The van der Waals surface area contributed by atoms with Gasteiger partial charge in [0.15, 0.2) is 17.2 Å². The molecule has 0 radical (unpaired) electrons. The fourth-order valence-electron chi connectivity index (χ4n) is 8.35. The van der Waals surface area contributed by atoms with Gasteiger partial charge in [-0.3, -0.25) is 4.57 Å². The minimum absolute atomic E-state index is 0.664. The molecule has 0 bridgehead atoms. The molecule has 0 N–H and O–H groups in total. The molecule has 0 spiro atoms. The lowest BCUT2D eigenvalue weighted by molar-refractivity contribution is 0.662. The number of nitrogens with zero attached hydrogens (tertiary/aromatic N) is 3. The van der Waals surface area contributed by atoms with Crippen molar-refractivity contribution in [3.63, 3.8) is 0 Å². The minimum Gasteiger partial charge on any atom is -0.450 e. The molecule has 0 unspecified atom stereocenters. The molecule has 0 saturated carbocycles. The van der Waals surface area contributed by atoms with E-state index >= 15 is 0 Å². The number of thiophene rings is 1. The third kappa shape index (κ3) is 3.68. The summed E-state index contributed by atoms with van der Waals surface area (Å²) in [6.45, 7) is 0. The largest absolute Gasteiger partial charge is 0.450 e. The van der Waals surface area contributed by atoms with Crippen LogP contribution in [-0.4, -0.2) is 14.5 Å². The first kappa shape index (κ1) is 27.3. The number of para-hydroxylation sites is 2. The van der Waals surface area contributed by atoms with Crippen LogP contribution in [0.2, 0.25) is 0 Å². The van der Waals surface area contributed by atoms with Gasteiger partial charge in [-0.25, -0.2) is 9.97 Å². The number of rotatable bonds is 2. The summed E-state index contributed by atoms with van der Waals surface area (Å²) in [5.41, 5.74) is 5.46. The second kappa shape index (κ2) is 10.0. The van der Waals surface area contributed by atoms with Crippen LogP contribution in [-0.2, 0) is 0 Å². The number of benzene rings is 8. The van der Waals surface area contributed by atoms with E-state index in [0.717, 1.165) is 44.3 Å². The number of fused-ring (bicyclic) bond motifs is 16. The minimum atomic E-state index is 0.664. The average Bonchev–Trinajstić information content (AvgIpc) is 3.87. The van der Waals surface area contributed by atoms with E-state index in [1.165, 1.54) is 57.9 Å². The van der Waals surface area contributed by atoms with E-state index in [9.17, 15) is 0 Å². The monoisotopic (exact) mass is 667 g/mol. The van der Waals surface area contributed by atoms with Crippen LogP contribution in [0, 0.1) is 0 Å². The van der Waals surface area contributed by atoms with Gasteiger partial charge in [-0.15, -0.1) is 11.3 Å².